The van der Waals surface area contributed by atoms with Gasteiger partial charge in [-0.05, 0) is 12.8 Å². The van der Waals surface area contributed by atoms with Crippen LogP contribution in [0.3, 0.4) is 0 Å². The molecule has 0 spiro atoms. The van der Waals surface area contributed by atoms with Crippen LogP contribution in [0.1, 0.15) is 129 Å². The summed E-state index contributed by atoms with van der Waals surface area (Å²) >= 11 is 0. The predicted molar refractivity (Wildman–Crippen MR) is 117 cm³/mol. The van der Waals surface area contributed by atoms with Crippen LogP contribution in [0.4, 0.5) is 0 Å². The van der Waals surface area contributed by atoms with Gasteiger partial charge < -0.3 is 15.9 Å². The van der Waals surface area contributed by atoms with E-state index in [0.29, 0.717) is 6.61 Å². The third-order valence-corrected chi connectivity index (χ3v) is 5.16. The summed E-state index contributed by atoms with van der Waals surface area (Å²) in [4.78, 5) is 11.6. The Bertz CT molecular complexity index is 297. The normalized spacial score (nSPS) is 11.8. The number of unbranched alkanes of at least 4 members (excludes halogenated alkanes) is 15. The van der Waals surface area contributed by atoms with Crippen molar-refractivity contribution in [2.75, 3.05) is 6.61 Å². The third kappa shape index (κ3) is 21.5. The largest absolute Gasteiger partial charge is 0.465 e. The van der Waals surface area contributed by atoms with Gasteiger partial charge in [-0.25, -0.2) is 0 Å². The average Bonchev–Trinajstić information content (AvgIpc) is 2.64. The molecule has 0 aromatic carbocycles. The van der Waals surface area contributed by atoms with E-state index in [1.165, 1.54) is 89.9 Å². The molecular formula is C23H49NO3. The van der Waals surface area contributed by atoms with Gasteiger partial charge in [-0.2, -0.15) is 0 Å². The summed E-state index contributed by atoms with van der Waals surface area (Å²) in [5.74, 6) is -0.219. The van der Waals surface area contributed by atoms with Crippen molar-refractivity contribution in [3.63, 3.8) is 0 Å². The Hall–Kier alpha value is -0.610. The molecule has 0 saturated carbocycles. The number of carbonyl (C=O) groups is 1. The maximum Gasteiger partial charge on any atom is 0.322 e. The van der Waals surface area contributed by atoms with E-state index in [1.54, 1.807) is 0 Å². The highest BCUT2D eigenvalue weighted by atomic mass is 16.5. The summed E-state index contributed by atoms with van der Waals surface area (Å²) in [6.45, 7) is 4.88. The Morgan fingerprint density at radius 3 is 1.44 bits per heavy atom. The molecule has 0 rings (SSSR count). The number of nitrogens with two attached hydrogens (primary N) is 1. The van der Waals surface area contributed by atoms with Gasteiger partial charge in [0.15, 0.2) is 0 Å². The SMILES string of the molecule is CCCCCCCCCCCCCCCCCC(N)C(=O)OCCCC.O. The second-order valence-electron chi connectivity index (χ2n) is 7.87. The predicted octanol–water partition coefficient (Wildman–Crippen LogP) is 6.09. The molecule has 0 aliphatic carbocycles. The van der Waals surface area contributed by atoms with Crippen LogP contribution in [0.5, 0.6) is 0 Å². The highest BCUT2D eigenvalue weighted by Gasteiger charge is 2.13. The molecule has 0 fully saturated rings. The van der Waals surface area contributed by atoms with E-state index < -0.39 is 6.04 Å². The number of rotatable bonds is 20. The molecule has 0 heterocycles. The molecular weight excluding hydrogens is 338 g/mol. The van der Waals surface area contributed by atoms with E-state index in [-0.39, 0.29) is 11.4 Å². The first-order valence-corrected chi connectivity index (χ1v) is 11.6. The molecule has 0 aliphatic heterocycles. The van der Waals surface area contributed by atoms with E-state index >= 15 is 0 Å². The van der Waals surface area contributed by atoms with Crippen LogP contribution in [0.15, 0.2) is 0 Å². The van der Waals surface area contributed by atoms with Gasteiger partial charge in [0, 0.05) is 0 Å². The van der Waals surface area contributed by atoms with Crippen LogP contribution in [0.25, 0.3) is 0 Å². The number of hydrogen-bond donors (Lipinski definition) is 1. The lowest BCUT2D eigenvalue weighted by molar-refractivity contribution is -0.145. The zero-order valence-electron chi connectivity index (χ0n) is 18.4. The first kappa shape index (κ1) is 28.6. The van der Waals surface area contributed by atoms with Crippen molar-refractivity contribution in [3.05, 3.63) is 0 Å². The smallest absolute Gasteiger partial charge is 0.322 e. The molecule has 4 nitrogen and oxygen atoms in total. The van der Waals surface area contributed by atoms with Gasteiger partial charge in [-0.1, -0.05) is 117 Å². The van der Waals surface area contributed by atoms with Crippen molar-refractivity contribution in [2.24, 2.45) is 5.73 Å². The van der Waals surface area contributed by atoms with Gasteiger partial charge in [0.25, 0.3) is 0 Å². The molecule has 0 saturated heterocycles. The quantitative estimate of drug-likeness (QED) is 0.202. The Kier molecular flexibility index (Phi) is 24.8. The van der Waals surface area contributed by atoms with Crippen LogP contribution in [0, 0.1) is 0 Å². The molecule has 0 aromatic heterocycles. The van der Waals surface area contributed by atoms with Crippen molar-refractivity contribution in [3.8, 4) is 0 Å². The zero-order chi connectivity index (χ0) is 19.3. The summed E-state index contributed by atoms with van der Waals surface area (Å²) < 4.78 is 5.16. The standard InChI is InChI=1S/C23H47NO2.H2O/c1-3-5-7-8-9-10-11-12-13-14-15-16-17-18-19-20-22(24)23(25)26-21-6-4-2;/h22H,3-21,24H2,1-2H3;1H2. The number of esters is 1. The number of hydrogen-bond acceptors (Lipinski definition) is 3. The third-order valence-electron chi connectivity index (χ3n) is 5.16. The summed E-state index contributed by atoms with van der Waals surface area (Å²) in [6, 6.07) is -0.422. The van der Waals surface area contributed by atoms with Crippen LogP contribution in [-0.4, -0.2) is 24.1 Å². The molecule has 0 bridgehead atoms. The lowest BCUT2D eigenvalue weighted by atomic mass is 10.0. The molecule has 0 amide bonds. The van der Waals surface area contributed by atoms with Gasteiger partial charge in [0.2, 0.25) is 0 Å². The fourth-order valence-electron chi connectivity index (χ4n) is 3.28. The maximum atomic E-state index is 11.6. The van der Waals surface area contributed by atoms with Gasteiger partial charge in [-0.3, -0.25) is 4.79 Å². The van der Waals surface area contributed by atoms with Crippen molar-refractivity contribution < 1.29 is 15.0 Å². The average molecular weight is 388 g/mol. The molecule has 0 radical (unpaired) electrons. The Labute approximate surface area is 169 Å². The van der Waals surface area contributed by atoms with Gasteiger partial charge in [-0.15, -0.1) is 0 Å². The fraction of sp³-hybridized carbons (Fsp3) is 0.957. The number of carbonyl (C=O) groups excluding carboxylic acids is 1. The van der Waals surface area contributed by atoms with Gasteiger partial charge in [0.1, 0.15) is 6.04 Å². The molecule has 1 unspecified atom stereocenters. The first-order valence-electron chi connectivity index (χ1n) is 11.6. The summed E-state index contributed by atoms with van der Waals surface area (Å²) in [7, 11) is 0. The lowest BCUT2D eigenvalue weighted by Crippen LogP contribution is -2.32. The molecule has 27 heavy (non-hydrogen) atoms. The van der Waals surface area contributed by atoms with Crippen molar-refractivity contribution >= 4 is 5.97 Å². The van der Waals surface area contributed by atoms with Crippen LogP contribution in [-0.2, 0) is 9.53 Å². The van der Waals surface area contributed by atoms with E-state index in [1.807, 2.05) is 0 Å². The molecule has 4 N–H and O–H groups in total. The second-order valence-corrected chi connectivity index (χ2v) is 7.87. The molecule has 4 heteroatoms. The lowest BCUT2D eigenvalue weighted by Gasteiger charge is -2.11. The summed E-state index contributed by atoms with van der Waals surface area (Å²) in [5, 5.41) is 0. The van der Waals surface area contributed by atoms with Crippen LogP contribution < -0.4 is 5.73 Å². The highest BCUT2D eigenvalue weighted by Crippen LogP contribution is 2.14. The first-order chi connectivity index (χ1) is 12.7. The zero-order valence-corrected chi connectivity index (χ0v) is 18.4. The second kappa shape index (κ2) is 23.4. The van der Waals surface area contributed by atoms with E-state index in [2.05, 4.69) is 13.8 Å². The maximum absolute atomic E-state index is 11.6. The summed E-state index contributed by atoms with van der Waals surface area (Å²) in [6.07, 6.45) is 23.1. The number of ether oxygens (including phenoxy) is 1. The molecule has 0 aliphatic rings. The Morgan fingerprint density at radius 1 is 0.667 bits per heavy atom. The van der Waals surface area contributed by atoms with Gasteiger partial charge in [0.05, 0.1) is 6.61 Å². The monoisotopic (exact) mass is 387 g/mol. The van der Waals surface area contributed by atoms with E-state index in [4.69, 9.17) is 10.5 Å². The molecule has 164 valence electrons. The molecule has 0 aromatic rings. The van der Waals surface area contributed by atoms with E-state index in [0.717, 1.165) is 25.7 Å². The van der Waals surface area contributed by atoms with Crippen molar-refractivity contribution in [1.29, 1.82) is 0 Å². The van der Waals surface area contributed by atoms with Gasteiger partial charge >= 0.3 is 5.97 Å². The van der Waals surface area contributed by atoms with Crippen molar-refractivity contribution in [1.82, 2.24) is 0 Å². The minimum absolute atomic E-state index is 0. The van der Waals surface area contributed by atoms with Crippen LogP contribution >= 0.6 is 0 Å². The molecule has 1 atom stereocenters. The fourth-order valence-corrected chi connectivity index (χ4v) is 3.28. The summed E-state index contributed by atoms with van der Waals surface area (Å²) in [5.41, 5.74) is 5.88. The van der Waals surface area contributed by atoms with Crippen LogP contribution in [0.2, 0.25) is 0 Å². The van der Waals surface area contributed by atoms with Crippen molar-refractivity contribution in [2.45, 2.75) is 135 Å². The minimum Gasteiger partial charge on any atom is -0.465 e. The minimum atomic E-state index is -0.422. The topological polar surface area (TPSA) is 83.8 Å². The van der Waals surface area contributed by atoms with E-state index in [9.17, 15) is 4.79 Å². The Morgan fingerprint density at radius 2 is 1.04 bits per heavy atom. The highest BCUT2D eigenvalue weighted by molar-refractivity contribution is 5.75. The Balaban J connectivity index is 0.